The summed E-state index contributed by atoms with van der Waals surface area (Å²) in [5.41, 5.74) is 1.60. The predicted octanol–water partition coefficient (Wildman–Crippen LogP) is 6.64. The lowest BCUT2D eigenvalue weighted by Gasteiger charge is -2.10. The number of hydrogen-bond acceptors (Lipinski definition) is 0. The van der Waals surface area contributed by atoms with Gasteiger partial charge in [-0.25, -0.2) is 13.2 Å². The zero-order valence-electron chi connectivity index (χ0n) is 13.6. The highest BCUT2D eigenvalue weighted by Crippen LogP contribution is 2.33. The average molecular weight is 336 g/mol. The number of aryl methyl sites for hydroxylation is 1. The molecule has 4 rings (SSSR count). The second-order valence-corrected chi connectivity index (χ2v) is 6.19. The molecule has 0 aliphatic heterocycles. The van der Waals surface area contributed by atoms with Gasteiger partial charge in [0.25, 0.3) is 0 Å². The maximum absolute atomic E-state index is 14.7. The van der Waals surface area contributed by atoms with Gasteiger partial charge in [0.2, 0.25) is 0 Å². The first-order valence-electron chi connectivity index (χ1n) is 8.16. The van der Waals surface area contributed by atoms with E-state index in [1.165, 1.54) is 11.6 Å². The molecule has 0 aliphatic rings. The van der Waals surface area contributed by atoms with Crippen LogP contribution >= 0.6 is 0 Å². The summed E-state index contributed by atoms with van der Waals surface area (Å²) in [5.74, 6) is -1.94. The van der Waals surface area contributed by atoms with E-state index < -0.39 is 17.5 Å². The third-order valence-corrected chi connectivity index (χ3v) is 4.57. The summed E-state index contributed by atoms with van der Waals surface area (Å²) in [6.07, 6.45) is 0.937. The molecule has 0 spiro atoms. The van der Waals surface area contributed by atoms with E-state index in [0.29, 0.717) is 0 Å². The van der Waals surface area contributed by atoms with Crippen molar-refractivity contribution in [2.45, 2.75) is 13.3 Å². The fourth-order valence-corrected chi connectivity index (χ4v) is 3.29. The highest BCUT2D eigenvalue weighted by atomic mass is 19.1. The van der Waals surface area contributed by atoms with E-state index in [2.05, 4.69) is 13.0 Å². The van der Waals surface area contributed by atoms with Crippen molar-refractivity contribution in [1.29, 1.82) is 0 Å². The van der Waals surface area contributed by atoms with Crippen LogP contribution in [0.5, 0.6) is 0 Å². The van der Waals surface area contributed by atoms with E-state index in [-0.39, 0.29) is 11.1 Å². The van der Waals surface area contributed by atoms with Crippen LogP contribution in [0.2, 0.25) is 0 Å². The Kier molecular flexibility index (Phi) is 3.72. The molecule has 0 saturated carbocycles. The first kappa shape index (κ1) is 15.7. The molecule has 0 aromatic heterocycles. The third-order valence-electron chi connectivity index (χ3n) is 4.57. The Balaban J connectivity index is 1.97. The van der Waals surface area contributed by atoms with Crippen LogP contribution in [0.1, 0.15) is 12.5 Å². The zero-order chi connectivity index (χ0) is 17.6. The van der Waals surface area contributed by atoms with Crippen molar-refractivity contribution in [3.8, 4) is 11.1 Å². The topological polar surface area (TPSA) is 0 Å². The van der Waals surface area contributed by atoms with Crippen LogP contribution in [-0.4, -0.2) is 0 Å². The van der Waals surface area contributed by atoms with Gasteiger partial charge in [-0.05, 0) is 63.4 Å². The minimum Gasteiger partial charge on any atom is -0.207 e. The molecule has 0 atom stereocenters. The molecule has 124 valence electrons. The van der Waals surface area contributed by atoms with Crippen LogP contribution < -0.4 is 0 Å². The molecule has 3 heteroatoms. The number of hydrogen-bond donors (Lipinski definition) is 0. The fraction of sp³-hybridized carbons (Fsp3) is 0.0909. The average Bonchev–Trinajstić information content (AvgIpc) is 2.59. The van der Waals surface area contributed by atoms with Crippen LogP contribution in [0.3, 0.4) is 0 Å². The van der Waals surface area contributed by atoms with E-state index in [1.807, 2.05) is 24.3 Å². The second-order valence-electron chi connectivity index (χ2n) is 6.19. The van der Waals surface area contributed by atoms with Gasteiger partial charge in [0, 0.05) is 11.6 Å². The SMILES string of the molecule is CCc1ccc2c(ccc3cc(-c4cc(F)cc(F)c4)c(F)cc32)c1. The minimum atomic E-state index is -0.722. The third kappa shape index (κ3) is 2.76. The Morgan fingerprint density at radius 2 is 1.36 bits per heavy atom. The molecule has 0 radical (unpaired) electrons. The van der Waals surface area contributed by atoms with Crippen LogP contribution in [0, 0.1) is 17.5 Å². The lowest BCUT2D eigenvalue weighted by molar-refractivity contribution is 0.583. The van der Waals surface area contributed by atoms with Crippen molar-refractivity contribution >= 4 is 21.5 Å². The standard InChI is InChI=1S/C22H15F3/c1-2-13-3-6-19-14(7-13)4-5-15-10-21(22(25)12-20(15)19)16-8-17(23)11-18(24)9-16/h3-12H,2H2,1H3. The molecule has 0 amide bonds. The van der Waals surface area contributed by atoms with Gasteiger partial charge in [0.15, 0.2) is 0 Å². The van der Waals surface area contributed by atoms with Gasteiger partial charge in [-0.15, -0.1) is 0 Å². The highest BCUT2D eigenvalue weighted by molar-refractivity contribution is 6.08. The van der Waals surface area contributed by atoms with Gasteiger partial charge in [-0.2, -0.15) is 0 Å². The molecule has 0 N–H and O–H groups in total. The molecule has 0 nitrogen and oxygen atoms in total. The number of halogens is 3. The molecule has 0 fully saturated rings. The van der Waals surface area contributed by atoms with Crippen LogP contribution in [0.15, 0.2) is 60.7 Å². The summed E-state index contributed by atoms with van der Waals surface area (Å²) in [6, 6.07) is 16.2. The Bertz CT molecular complexity index is 1090. The summed E-state index contributed by atoms with van der Waals surface area (Å²) in [4.78, 5) is 0. The van der Waals surface area contributed by atoms with Crippen molar-refractivity contribution in [2.75, 3.05) is 0 Å². The van der Waals surface area contributed by atoms with Gasteiger partial charge in [0.05, 0.1) is 0 Å². The van der Waals surface area contributed by atoms with Gasteiger partial charge in [-0.3, -0.25) is 0 Å². The quantitative estimate of drug-likeness (QED) is 0.360. The monoisotopic (exact) mass is 336 g/mol. The van der Waals surface area contributed by atoms with E-state index in [0.717, 1.165) is 46.2 Å². The lowest BCUT2D eigenvalue weighted by Crippen LogP contribution is -1.90. The fourth-order valence-electron chi connectivity index (χ4n) is 3.29. The van der Waals surface area contributed by atoms with Crippen molar-refractivity contribution < 1.29 is 13.2 Å². The summed E-state index contributed by atoms with van der Waals surface area (Å²) in [6.45, 7) is 2.09. The maximum atomic E-state index is 14.7. The van der Waals surface area contributed by atoms with Crippen molar-refractivity contribution in [3.63, 3.8) is 0 Å². The first-order chi connectivity index (χ1) is 12.0. The van der Waals surface area contributed by atoms with Gasteiger partial charge in [0.1, 0.15) is 17.5 Å². The molecule has 4 aromatic carbocycles. The van der Waals surface area contributed by atoms with E-state index >= 15 is 0 Å². The van der Waals surface area contributed by atoms with E-state index in [1.54, 1.807) is 6.07 Å². The molecule has 25 heavy (non-hydrogen) atoms. The Morgan fingerprint density at radius 1 is 0.680 bits per heavy atom. The smallest absolute Gasteiger partial charge is 0.131 e. The first-order valence-corrected chi connectivity index (χ1v) is 8.16. The summed E-state index contributed by atoms with van der Waals surface area (Å²) >= 11 is 0. The van der Waals surface area contributed by atoms with Crippen LogP contribution in [0.25, 0.3) is 32.7 Å². The Morgan fingerprint density at radius 3 is 2.04 bits per heavy atom. The lowest BCUT2D eigenvalue weighted by atomic mass is 9.95. The number of fused-ring (bicyclic) bond motifs is 3. The minimum absolute atomic E-state index is 0.190. The highest BCUT2D eigenvalue weighted by Gasteiger charge is 2.11. The molecule has 0 aliphatic carbocycles. The molecular weight excluding hydrogens is 321 g/mol. The second kappa shape index (κ2) is 5.92. The Hall–Kier alpha value is -2.81. The Labute approximate surface area is 143 Å². The molecule has 4 aromatic rings. The zero-order valence-corrected chi connectivity index (χ0v) is 13.6. The van der Waals surface area contributed by atoms with Gasteiger partial charge >= 0.3 is 0 Å². The molecule has 0 heterocycles. The molecule has 0 unspecified atom stereocenters. The predicted molar refractivity (Wildman–Crippen MR) is 96.1 cm³/mol. The van der Waals surface area contributed by atoms with Crippen LogP contribution in [-0.2, 0) is 6.42 Å². The van der Waals surface area contributed by atoms with Gasteiger partial charge < -0.3 is 0 Å². The molecule has 0 saturated heterocycles. The van der Waals surface area contributed by atoms with Crippen molar-refractivity contribution in [1.82, 2.24) is 0 Å². The molecule has 0 bridgehead atoms. The van der Waals surface area contributed by atoms with Crippen molar-refractivity contribution in [2.24, 2.45) is 0 Å². The number of benzene rings is 4. The van der Waals surface area contributed by atoms with Gasteiger partial charge in [-0.1, -0.05) is 37.3 Å². The maximum Gasteiger partial charge on any atom is 0.131 e. The summed E-state index contributed by atoms with van der Waals surface area (Å²) < 4.78 is 41.7. The van der Waals surface area contributed by atoms with E-state index in [4.69, 9.17) is 0 Å². The summed E-state index contributed by atoms with van der Waals surface area (Å²) in [7, 11) is 0. The summed E-state index contributed by atoms with van der Waals surface area (Å²) in [5, 5.41) is 3.64. The largest absolute Gasteiger partial charge is 0.207 e. The number of rotatable bonds is 2. The van der Waals surface area contributed by atoms with E-state index in [9.17, 15) is 13.2 Å². The molecular formula is C22H15F3. The van der Waals surface area contributed by atoms with Crippen LogP contribution in [0.4, 0.5) is 13.2 Å². The van der Waals surface area contributed by atoms with Crippen molar-refractivity contribution in [3.05, 3.63) is 83.7 Å². The normalized spacial score (nSPS) is 11.4.